The Morgan fingerprint density at radius 3 is 2.17 bits per heavy atom. The predicted molar refractivity (Wildman–Crippen MR) is 251 cm³/mol. The highest BCUT2D eigenvalue weighted by Gasteiger charge is 2.54. The van der Waals surface area contributed by atoms with E-state index in [9.17, 15) is 40.1 Å². The monoisotopic (exact) mass is 978 g/mol. The molecule has 4 N–H and O–H groups in total. The van der Waals surface area contributed by atoms with Crippen LogP contribution in [0.2, 0.25) is 0 Å². The molecule has 1 aromatic heterocycles. The number of rotatable bonds is 15. The number of ether oxygens (including phenoxy) is 7. The highest BCUT2D eigenvalue weighted by molar-refractivity contribution is 5.83. The second-order valence-corrected chi connectivity index (χ2v) is 20.5. The maximum Gasteiger partial charge on any atom is 0.311 e. The van der Waals surface area contributed by atoms with Gasteiger partial charge in [0, 0.05) is 82.3 Å². The zero-order valence-corrected chi connectivity index (χ0v) is 42.7. The molecule has 4 heterocycles. The highest BCUT2D eigenvalue weighted by Crippen LogP contribution is 2.42. The molecule has 5 rings (SSSR count). The van der Waals surface area contributed by atoms with Crippen molar-refractivity contribution in [3.63, 3.8) is 0 Å². The number of benzene rings is 1. The Morgan fingerprint density at radius 1 is 0.913 bits per heavy atom. The molecule has 0 radical (unpaired) electrons. The average Bonchev–Trinajstić information content (AvgIpc) is 3.78. The van der Waals surface area contributed by atoms with Gasteiger partial charge >= 0.3 is 5.97 Å². The largest absolute Gasteiger partial charge is 0.459 e. The van der Waals surface area contributed by atoms with Crippen molar-refractivity contribution in [3.05, 3.63) is 51.8 Å². The molecule has 0 spiro atoms. The van der Waals surface area contributed by atoms with Crippen molar-refractivity contribution < 1.29 is 68.1 Å². The lowest BCUT2D eigenvalue weighted by Crippen LogP contribution is -2.61. The number of esters is 1. The van der Waals surface area contributed by atoms with Gasteiger partial charge in [0.1, 0.15) is 29.7 Å². The summed E-state index contributed by atoms with van der Waals surface area (Å²) >= 11 is 0. The molecule has 0 amide bonds. The van der Waals surface area contributed by atoms with Gasteiger partial charge in [0.05, 0.1) is 58.3 Å². The quantitative estimate of drug-likeness (QED) is 0.112. The summed E-state index contributed by atoms with van der Waals surface area (Å²) in [6.45, 7) is 18.0. The zero-order valence-electron chi connectivity index (χ0n) is 42.7. The van der Waals surface area contributed by atoms with Gasteiger partial charge in [-0.3, -0.25) is 24.4 Å². The molecule has 0 unspecified atom stereocenters. The van der Waals surface area contributed by atoms with Gasteiger partial charge < -0.3 is 58.5 Å². The number of ketones is 1. The van der Waals surface area contributed by atoms with Crippen molar-refractivity contribution >= 4 is 17.4 Å². The summed E-state index contributed by atoms with van der Waals surface area (Å²) in [6.07, 6.45) is -6.75. The van der Waals surface area contributed by atoms with Crippen molar-refractivity contribution in [2.24, 2.45) is 23.7 Å². The number of nitro groups is 1. The number of carbonyl (C=O) groups excluding carboxylic acids is 2. The van der Waals surface area contributed by atoms with Crippen LogP contribution in [0.5, 0.6) is 0 Å². The molecule has 20 nitrogen and oxygen atoms in total. The van der Waals surface area contributed by atoms with Crippen LogP contribution in [-0.4, -0.2) is 169 Å². The number of likely N-dealkylation sites (N-methyl/N-ethyl adjacent to an activating group) is 1. The molecule has 0 aliphatic carbocycles. The van der Waals surface area contributed by atoms with Gasteiger partial charge in [0.15, 0.2) is 12.6 Å². The van der Waals surface area contributed by atoms with Crippen LogP contribution in [0.25, 0.3) is 0 Å². The molecule has 3 fully saturated rings. The number of cyclic esters (lactones) is 1. The van der Waals surface area contributed by atoms with Crippen molar-refractivity contribution in [2.45, 2.75) is 199 Å². The number of Topliss-reactive ketones (excluding diaryl/α,β-unsaturated/α-hetero) is 1. The van der Waals surface area contributed by atoms with Crippen LogP contribution in [0.1, 0.15) is 106 Å². The number of nitrogens with zero attached hydrogens (tertiary/aromatic N) is 5. The third kappa shape index (κ3) is 12.9. The Labute approximate surface area is 406 Å². The highest BCUT2D eigenvalue weighted by atomic mass is 16.7. The smallest absolute Gasteiger partial charge is 0.311 e. The number of hydrogen-bond donors (Lipinski definition) is 4. The van der Waals surface area contributed by atoms with E-state index in [1.165, 1.54) is 33.3 Å². The molecule has 3 aliphatic heterocycles. The molecule has 18 atom stereocenters. The van der Waals surface area contributed by atoms with Crippen molar-refractivity contribution in [1.82, 2.24) is 19.9 Å². The summed E-state index contributed by atoms with van der Waals surface area (Å²) in [5, 5.41) is 66.4. The fourth-order valence-electron chi connectivity index (χ4n) is 10.6. The van der Waals surface area contributed by atoms with E-state index >= 15 is 0 Å². The molecule has 0 bridgehead atoms. The summed E-state index contributed by atoms with van der Waals surface area (Å²) in [4.78, 5) is 41.3. The first-order valence-electron chi connectivity index (χ1n) is 24.4. The molecule has 69 heavy (non-hydrogen) atoms. The SMILES string of the molecule is CC[C@H]1OC(=O)[C@H](C)[C@@H](O[C@H]2C[C@@](C)(OC)[C@@H](O)[C@H](C)O2)[C@H](C)[C@@H](O[C@@H]2O[C@H](C)C[C@H](N(C)CCc3cn(CCc4ccc([N+](=O)[O-])cc4)nn3)[C@H]2O)[C@](C)(OC)C[C@@H](C)C(=O)[C@H](C)[C@@H](O)[C@]1(C)O. The number of aryl methyl sites for hydroxylation is 2. The number of aliphatic hydroxyl groups is 4. The molecule has 1 aromatic carbocycles. The number of methoxy groups -OCH3 is 2. The topological polar surface area (TPSA) is 257 Å². The third-order valence-electron chi connectivity index (χ3n) is 15.3. The second kappa shape index (κ2) is 23.3. The van der Waals surface area contributed by atoms with Gasteiger partial charge in [-0.2, -0.15) is 0 Å². The van der Waals surface area contributed by atoms with Crippen LogP contribution in [0, 0.1) is 33.8 Å². The van der Waals surface area contributed by atoms with Crippen molar-refractivity contribution in [2.75, 3.05) is 27.8 Å². The summed E-state index contributed by atoms with van der Waals surface area (Å²) in [7, 11) is 4.89. The Kier molecular flexibility index (Phi) is 19.1. The molecule has 0 saturated carbocycles. The summed E-state index contributed by atoms with van der Waals surface area (Å²) in [6, 6.07) is 5.96. The predicted octanol–water partition coefficient (Wildman–Crippen LogP) is 3.80. The number of nitro benzene ring substituents is 1. The number of hydrogen-bond acceptors (Lipinski definition) is 18. The molecule has 2 aromatic rings. The minimum Gasteiger partial charge on any atom is -0.459 e. The normalized spacial score (nSPS) is 39.8. The van der Waals surface area contributed by atoms with Crippen LogP contribution >= 0.6 is 0 Å². The van der Waals surface area contributed by atoms with Crippen LogP contribution < -0.4 is 0 Å². The van der Waals surface area contributed by atoms with Gasteiger partial charge in [-0.1, -0.05) is 45.0 Å². The van der Waals surface area contributed by atoms with E-state index in [0.717, 1.165) is 11.3 Å². The number of non-ortho nitro benzene ring substituents is 1. The van der Waals surface area contributed by atoms with E-state index in [1.54, 1.807) is 65.3 Å². The number of aliphatic hydroxyl groups excluding tert-OH is 3. The fourth-order valence-corrected chi connectivity index (χ4v) is 10.6. The third-order valence-corrected chi connectivity index (χ3v) is 15.3. The van der Waals surface area contributed by atoms with Gasteiger partial charge in [0.25, 0.3) is 5.69 Å². The second-order valence-electron chi connectivity index (χ2n) is 20.5. The van der Waals surface area contributed by atoms with Crippen LogP contribution in [0.4, 0.5) is 5.69 Å². The lowest BCUT2D eigenvalue weighted by molar-refractivity contribution is -0.384. The van der Waals surface area contributed by atoms with Crippen LogP contribution in [0.3, 0.4) is 0 Å². The van der Waals surface area contributed by atoms with Gasteiger partial charge in [-0.25, -0.2) is 0 Å². The minimum absolute atomic E-state index is 0.0319. The Morgan fingerprint density at radius 2 is 1.57 bits per heavy atom. The Hall–Kier alpha value is -3.54. The molecular formula is C49H79N5O15. The summed E-state index contributed by atoms with van der Waals surface area (Å²) < 4.78 is 46.4. The van der Waals surface area contributed by atoms with Gasteiger partial charge in [-0.15, -0.1) is 5.10 Å². The van der Waals surface area contributed by atoms with Gasteiger partial charge in [-0.05, 0) is 79.8 Å². The minimum atomic E-state index is -2.01. The first kappa shape index (κ1) is 56.4. The first-order valence-corrected chi connectivity index (χ1v) is 24.4. The zero-order chi connectivity index (χ0) is 51.3. The van der Waals surface area contributed by atoms with Crippen LogP contribution in [-0.2, 0) is 62.1 Å². The van der Waals surface area contributed by atoms with Crippen molar-refractivity contribution in [1.29, 1.82) is 0 Å². The molecule has 20 heteroatoms. The molecule has 3 saturated heterocycles. The summed E-state index contributed by atoms with van der Waals surface area (Å²) in [5.74, 6) is -4.78. The van der Waals surface area contributed by atoms with Crippen LogP contribution in [0.15, 0.2) is 30.5 Å². The van der Waals surface area contributed by atoms with E-state index in [1.807, 2.05) is 32.0 Å². The average molecular weight is 978 g/mol. The maximum atomic E-state index is 14.4. The lowest BCUT2D eigenvalue weighted by Gasteiger charge is -2.50. The summed E-state index contributed by atoms with van der Waals surface area (Å²) in [5.41, 5.74) is -2.72. The van der Waals surface area contributed by atoms with Gasteiger partial charge in [0.2, 0.25) is 0 Å². The van der Waals surface area contributed by atoms with E-state index in [4.69, 9.17) is 33.2 Å². The fraction of sp³-hybridized carbons (Fsp3) is 0.796. The van der Waals surface area contributed by atoms with E-state index in [-0.39, 0.29) is 36.8 Å². The maximum absolute atomic E-state index is 14.4. The number of aromatic nitrogens is 3. The standard InChI is InChI=1S/C49H79N5O15/c1-14-37-49(10,60)42(57)29(4)39(55)27(2)24-48(9,64-13)44(30(5)41(31(6)45(59)67-37)68-38-25-47(8,63-12)43(58)32(7)66-38)69-46-40(56)36(23-28(3)65-46)52(11)21-20-34-26-53(51-50-34)22-19-33-15-17-35(18-16-33)54(61)62/h15-18,26-32,36-38,40-44,46,56-58,60H,14,19-25H2,1-13H3/t27-,28-,29+,30+,31-,32+,36+,37-,38+,40-,41+,42-,43+,44-,46+,47-,48-,49-/m1/s1. The van der Waals surface area contributed by atoms with E-state index in [0.29, 0.717) is 32.4 Å². The lowest BCUT2D eigenvalue weighted by atomic mass is 9.74. The van der Waals surface area contributed by atoms with Crippen molar-refractivity contribution in [3.8, 4) is 0 Å². The Balaban J connectivity index is 1.44. The molecular weight excluding hydrogens is 899 g/mol. The molecule has 390 valence electrons. The Bertz CT molecular complexity index is 2010. The van der Waals surface area contributed by atoms with E-state index < -0.39 is 113 Å². The number of carbonyl (C=O) groups is 2. The van der Waals surface area contributed by atoms with E-state index in [2.05, 4.69) is 10.3 Å². The first-order chi connectivity index (χ1) is 32.3. The molecule has 3 aliphatic rings.